The molecule has 0 aliphatic rings. The monoisotopic (exact) mass is 344 g/mol. The summed E-state index contributed by atoms with van der Waals surface area (Å²) in [6, 6.07) is 13.9. The maximum absolute atomic E-state index is 12.0. The van der Waals surface area contributed by atoms with Gasteiger partial charge in [-0.05, 0) is 42.8 Å². The molecular weight excluding hydrogens is 324 g/mol. The van der Waals surface area contributed by atoms with Crippen LogP contribution >= 0.6 is 0 Å². The van der Waals surface area contributed by atoms with Crippen LogP contribution in [-0.4, -0.2) is 32.7 Å². The van der Waals surface area contributed by atoms with E-state index in [0.717, 1.165) is 15.4 Å². The summed E-state index contributed by atoms with van der Waals surface area (Å²) in [6.07, 6.45) is 3.16. The predicted octanol–water partition coefficient (Wildman–Crippen LogP) is 2.90. The average molecular weight is 344 g/mol. The molecule has 0 radical (unpaired) electrons. The van der Waals surface area contributed by atoms with Gasteiger partial charge in [0.05, 0.1) is 4.90 Å². The third-order valence-corrected chi connectivity index (χ3v) is 5.23. The van der Waals surface area contributed by atoms with Crippen molar-refractivity contribution in [1.29, 1.82) is 0 Å². The summed E-state index contributed by atoms with van der Waals surface area (Å²) in [5.74, 6) is -0.279. The molecule has 0 unspecified atom stereocenters. The van der Waals surface area contributed by atoms with Gasteiger partial charge in [0, 0.05) is 25.9 Å². The highest BCUT2D eigenvalue weighted by Gasteiger charge is 2.16. The van der Waals surface area contributed by atoms with Crippen molar-refractivity contribution in [3.05, 3.63) is 65.7 Å². The number of benzene rings is 2. The van der Waals surface area contributed by atoms with Gasteiger partial charge in [-0.3, -0.25) is 4.79 Å². The number of nitrogens with one attached hydrogen (secondary N) is 1. The zero-order chi connectivity index (χ0) is 17.7. The molecule has 5 nitrogen and oxygen atoms in total. The third kappa shape index (κ3) is 4.53. The quantitative estimate of drug-likeness (QED) is 0.848. The summed E-state index contributed by atoms with van der Waals surface area (Å²) in [5, 5.41) is 2.70. The number of carbonyl (C=O) groups is 1. The summed E-state index contributed by atoms with van der Waals surface area (Å²) in [7, 11) is -0.519. The number of rotatable bonds is 5. The first kappa shape index (κ1) is 17.9. The third-order valence-electron chi connectivity index (χ3n) is 3.40. The molecular formula is C18H20N2O3S. The number of anilines is 1. The number of hydrogen-bond donors (Lipinski definition) is 1. The Balaban J connectivity index is 2.03. The lowest BCUT2D eigenvalue weighted by atomic mass is 10.1. The van der Waals surface area contributed by atoms with Crippen LogP contribution in [0.2, 0.25) is 0 Å². The van der Waals surface area contributed by atoms with E-state index in [1.165, 1.54) is 32.3 Å². The summed E-state index contributed by atoms with van der Waals surface area (Å²) in [5.41, 5.74) is 2.62. The smallest absolute Gasteiger partial charge is 0.248 e. The molecule has 0 saturated carbocycles. The van der Waals surface area contributed by atoms with E-state index < -0.39 is 10.0 Å². The molecule has 0 aliphatic heterocycles. The second kappa shape index (κ2) is 7.42. The van der Waals surface area contributed by atoms with Gasteiger partial charge >= 0.3 is 0 Å². The lowest BCUT2D eigenvalue weighted by Crippen LogP contribution is -2.22. The van der Waals surface area contributed by atoms with Crippen LogP contribution < -0.4 is 5.32 Å². The SMILES string of the molecule is Cc1ccc(/C=C/C(=O)Nc2ccc(S(=O)(=O)N(C)C)cc2)cc1. The topological polar surface area (TPSA) is 66.5 Å². The summed E-state index contributed by atoms with van der Waals surface area (Å²) < 4.78 is 25.1. The van der Waals surface area contributed by atoms with Gasteiger partial charge in [0.15, 0.2) is 0 Å². The standard InChI is InChI=1S/C18H20N2O3S/c1-14-4-6-15(7-5-14)8-13-18(21)19-16-9-11-17(12-10-16)24(22,23)20(2)3/h4-13H,1-3H3,(H,19,21)/b13-8+. The molecule has 6 heteroatoms. The zero-order valence-electron chi connectivity index (χ0n) is 13.9. The van der Waals surface area contributed by atoms with Crippen LogP contribution in [0, 0.1) is 6.92 Å². The maximum atomic E-state index is 12.0. The fraction of sp³-hybridized carbons (Fsp3) is 0.167. The van der Waals surface area contributed by atoms with E-state index in [2.05, 4.69) is 5.32 Å². The molecule has 2 aromatic carbocycles. The average Bonchev–Trinajstić information content (AvgIpc) is 2.54. The normalized spacial score (nSPS) is 11.8. The van der Waals surface area contributed by atoms with Gasteiger partial charge in [-0.25, -0.2) is 12.7 Å². The summed E-state index contributed by atoms with van der Waals surface area (Å²) in [4.78, 5) is 12.1. The van der Waals surface area contributed by atoms with Gasteiger partial charge in [-0.2, -0.15) is 0 Å². The minimum absolute atomic E-state index is 0.181. The van der Waals surface area contributed by atoms with Crippen molar-refractivity contribution in [2.75, 3.05) is 19.4 Å². The summed E-state index contributed by atoms with van der Waals surface area (Å²) >= 11 is 0. The van der Waals surface area contributed by atoms with Crippen molar-refractivity contribution in [2.45, 2.75) is 11.8 Å². The molecule has 0 aliphatic carbocycles. The van der Waals surface area contributed by atoms with E-state index in [-0.39, 0.29) is 10.8 Å². The minimum Gasteiger partial charge on any atom is -0.323 e. The zero-order valence-corrected chi connectivity index (χ0v) is 14.7. The Hall–Kier alpha value is -2.44. The highest BCUT2D eigenvalue weighted by atomic mass is 32.2. The van der Waals surface area contributed by atoms with Crippen molar-refractivity contribution in [2.24, 2.45) is 0 Å². The molecule has 2 rings (SSSR count). The highest BCUT2D eigenvalue weighted by Crippen LogP contribution is 2.16. The van der Waals surface area contributed by atoms with E-state index in [1.807, 2.05) is 31.2 Å². The summed E-state index contributed by atoms with van der Waals surface area (Å²) in [6.45, 7) is 2.00. The van der Waals surface area contributed by atoms with E-state index >= 15 is 0 Å². The maximum Gasteiger partial charge on any atom is 0.248 e. The Labute approximate surface area is 142 Å². The van der Waals surface area contributed by atoms with Gasteiger partial charge in [-0.15, -0.1) is 0 Å². The molecule has 0 fully saturated rings. The fourth-order valence-electron chi connectivity index (χ4n) is 1.95. The Morgan fingerprint density at radius 3 is 2.12 bits per heavy atom. The number of sulfonamides is 1. The molecule has 0 spiro atoms. The first-order valence-electron chi connectivity index (χ1n) is 7.37. The molecule has 1 amide bonds. The first-order chi connectivity index (χ1) is 11.3. The largest absolute Gasteiger partial charge is 0.323 e. The van der Waals surface area contributed by atoms with Crippen molar-refractivity contribution < 1.29 is 13.2 Å². The molecule has 0 bridgehead atoms. The van der Waals surface area contributed by atoms with Crippen LogP contribution in [0.1, 0.15) is 11.1 Å². The van der Waals surface area contributed by atoms with E-state index in [4.69, 9.17) is 0 Å². The second-order valence-electron chi connectivity index (χ2n) is 5.55. The Morgan fingerprint density at radius 2 is 1.58 bits per heavy atom. The van der Waals surface area contributed by atoms with Crippen molar-refractivity contribution >= 4 is 27.7 Å². The Bertz CT molecular complexity index is 837. The number of nitrogens with zero attached hydrogens (tertiary/aromatic N) is 1. The molecule has 0 atom stereocenters. The minimum atomic E-state index is -3.47. The van der Waals surface area contributed by atoms with E-state index in [0.29, 0.717) is 5.69 Å². The van der Waals surface area contributed by atoms with E-state index in [1.54, 1.807) is 18.2 Å². The van der Waals surface area contributed by atoms with Crippen LogP contribution in [0.25, 0.3) is 6.08 Å². The number of carbonyl (C=O) groups excluding carboxylic acids is 1. The number of aryl methyl sites for hydroxylation is 1. The molecule has 0 aromatic heterocycles. The molecule has 1 N–H and O–H groups in total. The fourth-order valence-corrected chi connectivity index (χ4v) is 2.86. The first-order valence-corrected chi connectivity index (χ1v) is 8.81. The van der Waals surface area contributed by atoms with Crippen LogP contribution in [0.15, 0.2) is 59.5 Å². The Kier molecular flexibility index (Phi) is 5.54. The van der Waals surface area contributed by atoms with Crippen LogP contribution in [-0.2, 0) is 14.8 Å². The number of hydrogen-bond acceptors (Lipinski definition) is 3. The molecule has 24 heavy (non-hydrogen) atoms. The van der Waals surface area contributed by atoms with Gasteiger partial charge in [-0.1, -0.05) is 29.8 Å². The molecule has 0 heterocycles. The van der Waals surface area contributed by atoms with E-state index in [9.17, 15) is 13.2 Å². The predicted molar refractivity (Wildman–Crippen MR) is 96.2 cm³/mol. The molecule has 126 valence electrons. The van der Waals surface area contributed by atoms with Gasteiger partial charge in [0.2, 0.25) is 15.9 Å². The van der Waals surface area contributed by atoms with Gasteiger partial charge in [0.1, 0.15) is 0 Å². The van der Waals surface area contributed by atoms with Crippen molar-refractivity contribution in [3.63, 3.8) is 0 Å². The second-order valence-corrected chi connectivity index (χ2v) is 7.70. The van der Waals surface area contributed by atoms with Crippen molar-refractivity contribution in [1.82, 2.24) is 4.31 Å². The van der Waals surface area contributed by atoms with Gasteiger partial charge < -0.3 is 5.32 Å². The Morgan fingerprint density at radius 1 is 1.00 bits per heavy atom. The van der Waals surface area contributed by atoms with Crippen molar-refractivity contribution in [3.8, 4) is 0 Å². The molecule has 2 aromatic rings. The van der Waals surface area contributed by atoms with Gasteiger partial charge in [0.25, 0.3) is 0 Å². The number of amides is 1. The van der Waals surface area contributed by atoms with Crippen LogP contribution in [0.4, 0.5) is 5.69 Å². The van der Waals surface area contributed by atoms with Crippen LogP contribution in [0.3, 0.4) is 0 Å². The lowest BCUT2D eigenvalue weighted by Gasteiger charge is -2.11. The lowest BCUT2D eigenvalue weighted by molar-refractivity contribution is -0.111. The highest BCUT2D eigenvalue weighted by molar-refractivity contribution is 7.89. The molecule has 0 saturated heterocycles. The van der Waals surface area contributed by atoms with Crippen LogP contribution in [0.5, 0.6) is 0 Å².